The van der Waals surface area contributed by atoms with Gasteiger partial charge in [0.2, 0.25) is 0 Å². The number of rotatable bonds is 6. The maximum atomic E-state index is 12.9. The van der Waals surface area contributed by atoms with Crippen molar-refractivity contribution < 1.29 is 18.4 Å². The number of H-pyrrole nitrogens is 1. The van der Waals surface area contributed by atoms with E-state index in [0.29, 0.717) is 16.9 Å². The number of anilines is 5. The minimum Gasteiger partial charge on any atom is -0.362 e. The summed E-state index contributed by atoms with van der Waals surface area (Å²) in [6.07, 6.45) is 0.986. The molecule has 5 rings (SSSR count). The average Bonchev–Trinajstić information content (AvgIpc) is 3.49. The molecule has 7 nitrogen and oxygen atoms in total. The van der Waals surface area contributed by atoms with Crippen molar-refractivity contribution in [1.29, 1.82) is 0 Å². The fraction of sp³-hybridized carbons (Fsp3) is 0.0714. The van der Waals surface area contributed by atoms with Crippen LogP contribution in [-0.4, -0.2) is 16.9 Å². The molecule has 0 aliphatic carbocycles. The van der Waals surface area contributed by atoms with E-state index in [1.807, 2.05) is 49.4 Å². The molecule has 2 heterocycles. The Morgan fingerprint density at radius 3 is 2.46 bits per heavy atom. The smallest absolute Gasteiger partial charge is 0.323 e. The Labute approximate surface area is 211 Å². The number of benzene rings is 3. The zero-order valence-electron chi connectivity index (χ0n) is 19.7. The summed E-state index contributed by atoms with van der Waals surface area (Å²) in [7, 11) is 0. The maximum absolute atomic E-state index is 12.9. The molecule has 0 bridgehead atoms. The SMILES string of the molecule is Cc1ccc(NC(=O)Nc2cccc(C(F)F)c2)cc1Nc1ccc2c(c1)NC(=O)/C2=C\c1ccc[nH]1. The normalized spacial score (nSPS) is 13.4. The maximum Gasteiger partial charge on any atom is 0.323 e. The number of carbonyl (C=O) groups is 2. The Bertz CT molecular complexity index is 1510. The highest BCUT2D eigenvalue weighted by Gasteiger charge is 2.24. The Kier molecular flexibility index (Phi) is 6.42. The van der Waals surface area contributed by atoms with Crippen LogP contribution in [0.3, 0.4) is 0 Å². The highest BCUT2D eigenvalue weighted by atomic mass is 19.3. The third-order valence-electron chi connectivity index (χ3n) is 5.90. The van der Waals surface area contributed by atoms with E-state index < -0.39 is 12.5 Å². The van der Waals surface area contributed by atoms with Crippen LogP contribution in [0.5, 0.6) is 0 Å². The second-order valence-corrected chi connectivity index (χ2v) is 8.56. The van der Waals surface area contributed by atoms with E-state index in [1.165, 1.54) is 18.2 Å². The lowest BCUT2D eigenvalue weighted by Gasteiger charge is -2.14. The quantitative estimate of drug-likeness (QED) is 0.182. The number of nitrogens with one attached hydrogen (secondary N) is 5. The van der Waals surface area contributed by atoms with Crippen molar-refractivity contribution in [1.82, 2.24) is 4.98 Å². The standard InChI is InChI=1S/C28H23F2N5O2/c1-16-7-8-21(34-28(37)33-19-5-2-4-17(12-19)26(29)30)14-24(16)32-20-9-10-22-23(13-18-6-3-11-31-18)27(36)35-25(22)15-20/h2-15,26,31-32H,1H3,(H,35,36)(H2,33,34,37)/b23-13-. The van der Waals surface area contributed by atoms with E-state index in [-0.39, 0.29) is 17.2 Å². The topological polar surface area (TPSA) is 98.0 Å². The number of aromatic nitrogens is 1. The number of hydrogen-bond donors (Lipinski definition) is 5. The molecule has 37 heavy (non-hydrogen) atoms. The first-order valence-corrected chi connectivity index (χ1v) is 11.5. The predicted octanol–water partition coefficient (Wildman–Crippen LogP) is 7.14. The van der Waals surface area contributed by atoms with Gasteiger partial charge in [0, 0.05) is 45.8 Å². The number of amides is 3. The molecule has 186 valence electrons. The van der Waals surface area contributed by atoms with Crippen molar-refractivity contribution in [2.45, 2.75) is 13.3 Å². The lowest BCUT2D eigenvalue weighted by molar-refractivity contribution is -0.110. The van der Waals surface area contributed by atoms with Gasteiger partial charge in [0.1, 0.15) is 0 Å². The van der Waals surface area contributed by atoms with Gasteiger partial charge in [0.15, 0.2) is 0 Å². The van der Waals surface area contributed by atoms with Crippen LogP contribution >= 0.6 is 0 Å². The van der Waals surface area contributed by atoms with Crippen molar-refractivity contribution in [2.24, 2.45) is 0 Å². The van der Waals surface area contributed by atoms with Crippen LogP contribution in [0.2, 0.25) is 0 Å². The fourth-order valence-electron chi connectivity index (χ4n) is 4.04. The number of aromatic amines is 1. The Morgan fingerprint density at radius 1 is 0.919 bits per heavy atom. The number of alkyl halides is 2. The van der Waals surface area contributed by atoms with Gasteiger partial charge in [0.05, 0.1) is 11.3 Å². The van der Waals surface area contributed by atoms with Gasteiger partial charge in [0.25, 0.3) is 12.3 Å². The molecule has 0 fully saturated rings. The number of hydrogen-bond acceptors (Lipinski definition) is 3. The number of urea groups is 1. The van der Waals surface area contributed by atoms with E-state index in [1.54, 1.807) is 24.4 Å². The molecule has 0 unspecified atom stereocenters. The molecule has 9 heteroatoms. The Morgan fingerprint density at radius 2 is 1.70 bits per heavy atom. The molecule has 5 N–H and O–H groups in total. The molecule has 0 saturated carbocycles. The molecule has 4 aromatic rings. The first-order valence-electron chi connectivity index (χ1n) is 11.5. The zero-order valence-corrected chi connectivity index (χ0v) is 19.7. The first-order chi connectivity index (χ1) is 17.9. The van der Waals surface area contributed by atoms with Gasteiger partial charge in [-0.25, -0.2) is 13.6 Å². The molecule has 0 spiro atoms. The minimum absolute atomic E-state index is 0.169. The molecular weight excluding hydrogens is 476 g/mol. The fourth-order valence-corrected chi connectivity index (χ4v) is 4.04. The largest absolute Gasteiger partial charge is 0.362 e. The van der Waals surface area contributed by atoms with E-state index in [9.17, 15) is 18.4 Å². The summed E-state index contributed by atoms with van der Waals surface area (Å²) in [6.45, 7) is 1.92. The van der Waals surface area contributed by atoms with Crippen molar-refractivity contribution in [3.8, 4) is 0 Å². The summed E-state index contributed by atoms with van der Waals surface area (Å²) in [5, 5.41) is 11.5. The molecular formula is C28H23F2N5O2. The summed E-state index contributed by atoms with van der Waals surface area (Å²) in [5.41, 5.74) is 5.99. The summed E-state index contributed by atoms with van der Waals surface area (Å²) in [5.74, 6) is -0.172. The number of halogens is 2. The van der Waals surface area contributed by atoms with Gasteiger partial charge in [-0.05, 0) is 67.1 Å². The average molecular weight is 500 g/mol. The van der Waals surface area contributed by atoms with E-state index in [2.05, 4.69) is 26.3 Å². The van der Waals surface area contributed by atoms with Crippen LogP contribution in [0.4, 0.5) is 42.0 Å². The molecule has 3 amide bonds. The van der Waals surface area contributed by atoms with Gasteiger partial charge in [-0.2, -0.15) is 0 Å². The zero-order chi connectivity index (χ0) is 25.9. The number of carbonyl (C=O) groups excluding carboxylic acids is 2. The van der Waals surface area contributed by atoms with Gasteiger partial charge in [-0.15, -0.1) is 0 Å². The van der Waals surface area contributed by atoms with Crippen molar-refractivity contribution in [3.63, 3.8) is 0 Å². The molecule has 0 radical (unpaired) electrons. The second-order valence-electron chi connectivity index (χ2n) is 8.56. The van der Waals surface area contributed by atoms with Crippen LogP contribution in [0, 0.1) is 6.92 Å². The highest BCUT2D eigenvalue weighted by Crippen LogP contribution is 2.36. The van der Waals surface area contributed by atoms with Gasteiger partial charge < -0.3 is 26.3 Å². The van der Waals surface area contributed by atoms with Crippen LogP contribution in [0.1, 0.15) is 28.8 Å². The van der Waals surface area contributed by atoms with Crippen molar-refractivity contribution in [2.75, 3.05) is 21.3 Å². The van der Waals surface area contributed by atoms with Gasteiger partial charge in [-0.3, -0.25) is 4.79 Å². The Balaban J connectivity index is 1.30. The van der Waals surface area contributed by atoms with Crippen LogP contribution in [0.25, 0.3) is 11.6 Å². The van der Waals surface area contributed by atoms with E-state index in [0.717, 1.165) is 28.2 Å². The monoisotopic (exact) mass is 499 g/mol. The van der Waals surface area contributed by atoms with Crippen molar-refractivity contribution in [3.05, 3.63) is 101 Å². The van der Waals surface area contributed by atoms with Crippen LogP contribution in [-0.2, 0) is 4.79 Å². The molecule has 1 aliphatic rings. The third-order valence-corrected chi connectivity index (χ3v) is 5.90. The lowest BCUT2D eigenvalue weighted by Crippen LogP contribution is -2.19. The van der Waals surface area contributed by atoms with E-state index in [4.69, 9.17) is 0 Å². The minimum atomic E-state index is -2.62. The summed E-state index contributed by atoms with van der Waals surface area (Å²) in [4.78, 5) is 28.0. The summed E-state index contributed by atoms with van der Waals surface area (Å²) < 4.78 is 25.8. The highest BCUT2D eigenvalue weighted by molar-refractivity contribution is 6.35. The van der Waals surface area contributed by atoms with Crippen molar-refractivity contribution >= 4 is 52.0 Å². The van der Waals surface area contributed by atoms with Crippen LogP contribution in [0.15, 0.2) is 79.0 Å². The molecule has 0 atom stereocenters. The molecule has 1 aromatic heterocycles. The first kappa shape index (κ1) is 23.8. The van der Waals surface area contributed by atoms with Gasteiger partial charge in [-0.1, -0.05) is 24.3 Å². The molecule has 0 saturated heterocycles. The van der Waals surface area contributed by atoms with E-state index >= 15 is 0 Å². The Hall–Kier alpha value is -4.92. The predicted molar refractivity (Wildman–Crippen MR) is 142 cm³/mol. The molecule has 1 aliphatic heterocycles. The second kappa shape index (κ2) is 9.98. The molecule has 3 aromatic carbocycles. The number of fused-ring (bicyclic) bond motifs is 1. The number of aryl methyl sites for hydroxylation is 1. The van der Waals surface area contributed by atoms with Gasteiger partial charge >= 0.3 is 6.03 Å². The summed E-state index contributed by atoms with van der Waals surface area (Å²) >= 11 is 0. The van der Waals surface area contributed by atoms with Crippen LogP contribution < -0.4 is 21.3 Å². The third kappa shape index (κ3) is 5.35. The summed E-state index contributed by atoms with van der Waals surface area (Å²) in [6, 6.07) is 19.7. The lowest BCUT2D eigenvalue weighted by atomic mass is 10.1.